The number of rotatable bonds is 2. The Morgan fingerprint density at radius 3 is 2.90 bits per heavy atom. The molecule has 0 saturated carbocycles. The number of ether oxygens (including phenoxy) is 1. The van der Waals surface area contributed by atoms with Crippen molar-refractivity contribution in [2.75, 3.05) is 19.7 Å². The summed E-state index contributed by atoms with van der Waals surface area (Å²) in [5.74, 6) is 0.714. The highest BCUT2D eigenvalue weighted by Crippen LogP contribution is 2.22. The summed E-state index contributed by atoms with van der Waals surface area (Å²) >= 11 is 0. The first-order valence-electron chi connectivity index (χ1n) is 8.13. The van der Waals surface area contributed by atoms with Crippen molar-refractivity contribution in [3.05, 3.63) is 27.4 Å². The van der Waals surface area contributed by atoms with E-state index in [1.807, 2.05) is 0 Å². The van der Waals surface area contributed by atoms with E-state index in [9.17, 15) is 4.79 Å². The van der Waals surface area contributed by atoms with Crippen molar-refractivity contribution in [2.45, 2.75) is 58.1 Å². The fourth-order valence-electron chi connectivity index (χ4n) is 3.26. The maximum absolute atomic E-state index is 12.3. The molecule has 0 bridgehead atoms. The molecule has 21 heavy (non-hydrogen) atoms. The van der Waals surface area contributed by atoms with Gasteiger partial charge in [0.2, 0.25) is 0 Å². The maximum atomic E-state index is 12.3. The number of morpholine rings is 1. The molecule has 1 saturated heterocycles. The second-order valence-corrected chi connectivity index (χ2v) is 6.39. The van der Waals surface area contributed by atoms with Gasteiger partial charge in [-0.3, -0.25) is 9.69 Å². The normalized spacial score (nSPS) is 23.9. The van der Waals surface area contributed by atoms with E-state index >= 15 is 0 Å². The summed E-state index contributed by atoms with van der Waals surface area (Å²) in [7, 11) is 0. The Kier molecular flexibility index (Phi) is 4.40. The third-order valence-corrected chi connectivity index (χ3v) is 4.59. The number of nitrogens with one attached hydrogen (secondary N) is 1. The van der Waals surface area contributed by atoms with Crippen LogP contribution in [0, 0.1) is 0 Å². The van der Waals surface area contributed by atoms with Crippen LogP contribution in [0.4, 0.5) is 0 Å². The molecule has 0 amide bonds. The molecule has 1 unspecified atom stereocenters. The minimum atomic E-state index is -0.109. The fraction of sp³-hybridized carbons (Fsp3) is 0.750. The van der Waals surface area contributed by atoms with Crippen LogP contribution in [0.15, 0.2) is 4.79 Å². The van der Waals surface area contributed by atoms with Crippen LogP contribution in [-0.4, -0.2) is 40.6 Å². The monoisotopic (exact) mass is 291 g/mol. The predicted octanol–water partition coefficient (Wildman–Crippen LogP) is 1.82. The van der Waals surface area contributed by atoms with Gasteiger partial charge in [0.1, 0.15) is 11.9 Å². The smallest absolute Gasteiger partial charge is 0.254 e. The minimum Gasteiger partial charge on any atom is -0.368 e. The Hall–Kier alpha value is -1.20. The predicted molar refractivity (Wildman–Crippen MR) is 81.5 cm³/mol. The lowest BCUT2D eigenvalue weighted by Gasteiger charge is -2.35. The van der Waals surface area contributed by atoms with Crippen LogP contribution in [0.25, 0.3) is 0 Å². The first kappa shape index (κ1) is 14.7. The molecule has 5 heteroatoms. The van der Waals surface area contributed by atoms with Gasteiger partial charge in [-0.05, 0) is 39.5 Å². The molecule has 1 aliphatic carbocycles. The average Bonchev–Trinajstić information content (AvgIpc) is 2.73. The highest BCUT2D eigenvalue weighted by molar-refractivity contribution is 5.20. The molecule has 1 fully saturated rings. The summed E-state index contributed by atoms with van der Waals surface area (Å²) in [6.45, 7) is 6.83. The lowest BCUT2D eigenvalue weighted by molar-refractivity contribution is -0.0444. The van der Waals surface area contributed by atoms with Gasteiger partial charge in [-0.2, -0.15) is 0 Å². The Morgan fingerprint density at radius 1 is 1.29 bits per heavy atom. The lowest BCUT2D eigenvalue weighted by atomic mass is 10.1. The van der Waals surface area contributed by atoms with Crippen molar-refractivity contribution < 1.29 is 4.74 Å². The zero-order chi connectivity index (χ0) is 14.8. The molecular weight excluding hydrogens is 266 g/mol. The minimum absolute atomic E-state index is 0.0437. The van der Waals surface area contributed by atoms with E-state index in [1.54, 1.807) is 0 Å². The van der Waals surface area contributed by atoms with Crippen LogP contribution in [0.2, 0.25) is 0 Å². The molecular formula is C16H25N3O2. The van der Waals surface area contributed by atoms with E-state index < -0.39 is 0 Å². The van der Waals surface area contributed by atoms with Crippen molar-refractivity contribution in [3.8, 4) is 0 Å². The van der Waals surface area contributed by atoms with Crippen LogP contribution >= 0.6 is 0 Å². The lowest BCUT2D eigenvalue weighted by Crippen LogP contribution is -2.43. The number of aromatic amines is 1. The van der Waals surface area contributed by atoms with Crippen molar-refractivity contribution in [1.82, 2.24) is 14.9 Å². The zero-order valence-corrected chi connectivity index (χ0v) is 13.0. The van der Waals surface area contributed by atoms with Crippen molar-refractivity contribution in [3.63, 3.8) is 0 Å². The van der Waals surface area contributed by atoms with Gasteiger partial charge < -0.3 is 9.72 Å². The molecule has 0 radical (unpaired) electrons. The molecule has 3 rings (SSSR count). The third-order valence-electron chi connectivity index (χ3n) is 4.59. The van der Waals surface area contributed by atoms with Crippen LogP contribution in [0.5, 0.6) is 0 Å². The van der Waals surface area contributed by atoms with Gasteiger partial charge in [-0.25, -0.2) is 4.98 Å². The Balaban J connectivity index is 1.87. The summed E-state index contributed by atoms with van der Waals surface area (Å²) < 4.78 is 5.85. The number of aryl methyl sites for hydroxylation is 1. The molecule has 5 nitrogen and oxygen atoms in total. The molecule has 2 heterocycles. The standard InChI is InChI=1S/C16H25N3O2/c1-11(2)19-8-9-21-14(10-19)15-17-13-7-5-3-4-6-12(13)16(20)18-15/h11,14H,3-10H2,1-2H3,(H,17,18,20). The first-order chi connectivity index (χ1) is 10.1. The van der Waals surface area contributed by atoms with Gasteiger partial charge in [-0.15, -0.1) is 0 Å². The Morgan fingerprint density at radius 2 is 2.10 bits per heavy atom. The number of nitrogens with zero attached hydrogens (tertiary/aromatic N) is 2. The second kappa shape index (κ2) is 6.28. The molecule has 116 valence electrons. The summed E-state index contributed by atoms with van der Waals surface area (Å²) in [6, 6.07) is 0.490. The number of hydrogen-bond acceptors (Lipinski definition) is 4. The molecule has 1 aliphatic heterocycles. The number of fused-ring (bicyclic) bond motifs is 1. The quantitative estimate of drug-likeness (QED) is 0.845. The van der Waals surface area contributed by atoms with Gasteiger partial charge in [0.05, 0.1) is 12.3 Å². The van der Waals surface area contributed by atoms with Crippen molar-refractivity contribution >= 4 is 0 Å². The SMILES string of the molecule is CC(C)N1CCOC(c2nc3c(c(=O)[nH]2)CCCCC3)C1. The summed E-state index contributed by atoms with van der Waals surface area (Å²) in [5, 5.41) is 0. The fourth-order valence-corrected chi connectivity index (χ4v) is 3.26. The van der Waals surface area contributed by atoms with E-state index in [0.717, 1.165) is 50.0 Å². The van der Waals surface area contributed by atoms with Gasteiger partial charge in [0.15, 0.2) is 0 Å². The van der Waals surface area contributed by atoms with Gasteiger partial charge in [-0.1, -0.05) is 6.42 Å². The average molecular weight is 291 g/mol. The van der Waals surface area contributed by atoms with Crippen LogP contribution in [0.3, 0.4) is 0 Å². The second-order valence-electron chi connectivity index (χ2n) is 6.39. The molecule has 1 aromatic rings. The Bertz CT molecular complexity index is 553. The highest BCUT2D eigenvalue weighted by atomic mass is 16.5. The van der Waals surface area contributed by atoms with E-state index in [4.69, 9.17) is 9.72 Å². The van der Waals surface area contributed by atoms with Gasteiger partial charge >= 0.3 is 0 Å². The largest absolute Gasteiger partial charge is 0.368 e. The molecule has 1 N–H and O–H groups in total. The summed E-state index contributed by atoms with van der Waals surface area (Å²) in [6.07, 6.45) is 5.09. The Labute approximate surface area is 125 Å². The van der Waals surface area contributed by atoms with E-state index in [0.29, 0.717) is 18.5 Å². The van der Waals surface area contributed by atoms with E-state index in [1.165, 1.54) is 6.42 Å². The maximum Gasteiger partial charge on any atom is 0.254 e. The van der Waals surface area contributed by atoms with Gasteiger partial charge in [0, 0.05) is 24.7 Å². The van der Waals surface area contributed by atoms with Crippen LogP contribution in [0.1, 0.15) is 56.3 Å². The molecule has 0 spiro atoms. The van der Waals surface area contributed by atoms with Crippen LogP contribution < -0.4 is 5.56 Å². The van der Waals surface area contributed by atoms with E-state index in [-0.39, 0.29) is 11.7 Å². The number of H-pyrrole nitrogens is 1. The van der Waals surface area contributed by atoms with Gasteiger partial charge in [0.25, 0.3) is 5.56 Å². The number of aromatic nitrogens is 2. The van der Waals surface area contributed by atoms with E-state index in [2.05, 4.69) is 23.7 Å². The molecule has 2 aliphatic rings. The first-order valence-corrected chi connectivity index (χ1v) is 8.13. The molecule has 1 aromatic heterocycles. The number of hydrogen-bond donors (Lipinski definition) is 1. The topological polar surface area (TPSA) is 58.2 Å². The van der Waals surface area contributed by atoms with Crippen LogP contribution in [-0.2, 0) is 17.6 Å². The molecule has 1 atom stereocenters. The summed E-state index contributed by atoms with van der Waals surface area (Å²) in [4.78, 5) is 22.4. The molecule has 0 aromatic carbocycles. The highest BCUT2D eigenvalue weighted by Gasteiger charge is 2.26. The summed E-state index contributed by atoms with van der Waals surface area (Å²) in [5.41, 5.74) is 1.94. The zero-order valence-electron chi connectivity index (χ0n) is 13.0. The third kappa shape index (κ3) is 3.19. The van der Waals surface area contributed by atoms with Crippen molar-refractivity contribution in [1.29, 1.82) is 0 Å². The van der Waals surface area contributed by atoms with Crippen molar-refractivity contribution in [2.24, 2.45) is 0 Å².